The van der Waals surface area contributed by atoms with Crippen LogP contribution in [0.5, 0.6) is 11.6 Å². The largest absolute Gasteiger partial charge is 0.436 e. The van der Waals surface area contributed by atoms with Gasteiger partial charge in [-0.1, -0.05) is 0 Å². The molecule has 1 N–H and O–H groups in total. The molecule has 3 rings (SSSR count). The van der Waals surface area contributed by atoms with Crippen molar-refractivity contribution in [3.63, 3.8) is 0 Å². The predicted molar refractivity (Wildman–Crippen MR) is 84.9 cm³/mol. The highest BCUT2D eigenvalue weighted by Crippen LogP contribution is 2.25. The molecular formula is C18H9F5N2O2. The molecule has 138 valence electrons. The molecule has 0 spiro atoms. The second-order valence-electron chi connectivity index (χ2n) is 5.24. The van der Waals surface area contributed by atoms with Crippen molar-refractivity contribution < 1.29 is 31.5 Å². The maximum atomic E-state index is 13.7. The number of amides is 1. The van der Waals surface area contributed by atoms with Crippen molar-refractivity contribution in [1.82, 2.24) is 4.98 Å². The van der Waals surface area contributed by atoms with E-state index in [1.807, 2.05) is 0 Å². The number of benzene rings is 2. The highest BCUT2D eigenvalue weighted by molar-refractivity contribution is 6.04. The Hall–Kier alpha value is -3.49. The van der Waals surface area contributed by atoms with Crippen LogP contribution in [0.3, 0.4) is 0 Å². The van der Waals surface area contributed by atoms with Crippen LogP contribution in [-0.4, -0.2) is 10.9 Å². The summed E-state index contributed by atoms with van der Waals surface area (Å²) < 4.78 is 71.5. The second-order valence-corrected chi connectivity index (χ2v) is 5.24. The summed E-state index contributed by atoms with van der Waals surface area (Å²) in [6.45, 7) is 0. The van der Waals surface area contributed by atoms with Gasteiger partial charge in [-0.15, -0.1) is 0 Å². The summed E-state index contributed by atoms with van der Waals surface area (Å²) in [4.78, 5) is 15.9. The minimum atomic E-state index is -1.77. The van der Waals surface area contributed by atoms with Crippen molar-refractivity contribution in [3.8, 4) is 11.6 Å². The number of ether oxygens (including phenoxy) is 1. The van der Waals surface area contributed by atoms with Gasteiger partial charge in [0.1, 0.15) is 5.82 Å². The highest BCUT2D eigenvalue weighted by Gasteiger charge is 2.19. The summed E-state index contributed by atoms with van der Waals surface area (Å²) in [7, 11) is 0. The lowest BCUT2D eigenvalue weighted by atomic mass is 10.2. The Morgan fingerprint density at radius 2 is 1.67 bits per heavy atom. The molecule has 0 radical (unpaired) electrons. The fourth-order valence-electron chi connectivity index (χ4n) is 2.11. The molecule has 0 aliphatic rings. The number of hydrogen-bond donors (Lipinski definition) is 1. The molecule has 1 heterocycles. The van der Waals surface area contributed by atoms with Crippen LogP contribution in [0.1, 0.15) is 10.4 Å². The van der Waals surface area contributed by atoms with Gasteiger partial charge < -0.3 is 10.1 Å². The zero-order valence-corrected chi connectivity index (χ0v) is 13.3. The molecule has 0 unspecified atom stereocenters. The van der Waals surface area contributed by atoms with Crippen LogP contribution in [-0.2, 0) is 0 Å². The van der Waals surface area contributed by atoms with Gasteiger partial charge in [0.2, 0.25) is 5.88 Å². The Morgan fingerprint density at radius 3 is 2.41 bits per heavy atom. The van der Waals surface area contributed by atoms with Crippen LogP contribution in [0.4, 0.5) is 27.6 Å². The number of aromatic nitrogens is 1. The van der Waals surface area contributed by atoms with Gasteiger partial charge in [-0.05, 0) is 30.3 Å². The van der Waals surface area contributed by atoms with Crippen molar-refractivity contribution in [2.75, 3.05) is 5.32 Å². The molecule has 0 bridgehead atoms. The van der Waals surface area contributed by atoms with Gasteiger partial charge in [0.25, 0.3) is 5.91 Å². The van der Waals surface area contributed by atoms with Gasteiger partial charge in [0, 0.05) is 24.0 Å². The van der Waals surface area contributed by atoms with E-state index in [0.717, 1.165) is 18.2 Å². The van der Waals surface area contributed by atoms with Crippen molar-refractivity contribution in [1.29, 1.82) is 0 Å². The van der Waals surface area contributed by atoms with Gasteiger partial charge in [0.15, 0.2) is 29.0 Å². The molecule has 0 fully saturated rings. The van der Waals surface area contributed by atoms with Crippen LogP contribution < -0.4 is 10.1 Å². The van der Waals surface area contributed by atoms with Crippen LogP contribution >= 0.6 is 0 Å². The van der Waals surface area contributed by atoms with E-state index in [2.05, 4.69) is 10.3 Å². The van der Waals surface area contributed by atoms with E-state index in [4.69, 9.17) is 4.74 Å². The molecule has 4 nitrogen and oxygen atoms in total. The first-order chi connectivity index (χ1) is 12.8. The molecule has 1 aromatic heterocycles. The van der Waals surface area contributed by atoms with Gasteiger partial charge in [-0.3, -0.25) is 4.79 Å². The van der Waals surface area contributed by atoms with Gasteiger partial charge in [-0.25, -0.2) is 26.9 Å². The first-order valence-electron chi connectivity index (χ1n) is 7.39. The smallest absolute Gasteiger partial charge is 0.258 e. The molecule has 1 amide bonds. The summed E-state index contributed by atoms with van der Waals surface area (Å²) in [6.07, 6.45) is 1.20. The zero-order chi connectivity index (χ0) is 19.6. The molecule has 2 aromatic carbocycles. The third-order valence-electron chi connectivity index (χ3n) is 3.38. The predicted octanol–water partition coefficient (Wildman–Crippen LogP) is 4.82. The van der Waals surface area contributed by atoms with E-state index in [0.29, 0.717) is 12.1 Å². The molecule has 0 saturated heterocycles. The van der Waals surface area contributed by atoms with Crippen molar-refractivity contribution in [2.45, 2.75) is 0 Å². The Kier molecular flexibility index (Phi) is 5.02. The molecule has 27 heavy (non-hydrogen) atoms. The zero-order valence-electron chi connectivity index (χ0n) is 13.3. The van der Waals surface area contributed by atoms with Crippen LogP contribution in [0.2, 0.25) is 0 Å². The van der Waals surface area contributed by atoms with Crippen molar-refractivity contribution in [3.05, 3.63) is 83.3 Å². The summed E-state index contributed by atoms with van der Waals surface area (Å²) in [6, 6.07) is 6.54. The van der Waals surface area contributed by atoms with Crippen LogP contribution in [0.25, 0.3) is 0 Å². The fraction of sp³-hybridized carbons (Fsp3) is 0. The van der Waals surface area contributed by atoms with Gasteiger partial charge in [-0.2, -0.15) is 0 Å². The Labute approximate surface area is 149 Å². The quantitative estimate of drug-likeness (QED) is 0.522. The van der Waals surface area contributed by atoms with Gasteiger partial charge >= 0.3 is 0 Å². The van der Waals surface area contributed by atoms with E-state index >= 15 is 0 Å². The Morgan fingerprint density at radius 1 is 0.889 bits per heavy atom. The first kappa shape index (κ1) is 18.3. The lowest BCUT2D eigenvalue weighted by molar-refractivity contribution is 0.102. The van der Waals surface area contributed by atoms with Gasteiger partial charge in [0.05, 0.1) is 5.56 Å². The third-order valence-corrected chi connectivity index (χ3v) is 3.38. The number of nitrogens with one attached hydrogen (secondary N) is 1. The number of hydrogen-bond acceptors (Lipinski definition) is 3. The molecular weight excluding hydrogens is 371 g/mol. The Bertz CT molecular complexity index is 1030. The maximum Gasteiger partial charge on any atom is 0.258 e. The SMILES string of the molecule is O=C(Nc1ccnc(Oc2ccc(F)cc2F)c1)c1ccc(F)c(F)c1F. The number of pyridine rings is 1. The number of anilines is 1. The molecule has 0 saturated carbocycles. The third kappa shape index (κ3) is 4.02. The summed E-state index contributed by atoms with van der Waals surface area (Å²) in [5, 5.41) is 2.25. The lowest BCUT2D eigenvalue weighted by Gasteiger charge is -2.09. The minimum Gasteiger partial charge on any atom is -0.436 e. The number of rotatable bonds is 4. The normalized spacial score (nSPS) is 10.6. The molecule has 0 aliphatic carbocycles. The topological polar surface area (TPSA) is 51.2 Å². The number of carbonyl (C=O) groups excluding carboxylic acids is 1. The average molecular weight is 380 g/mol. The molecule has 0 atom stereocenters. The second kappa shape index (κ2) is 7.40. The van der Waals surface area contributed by atoms with E-state index in [-0.39, 0.29) is 17.3 Å². The highest BCUT2D eigenvalue weighted by atomic mass is 19.2. The van der Waals surface area contributed by atoms with E-state index in [9.17, 15) is 26.7 Å². The first-order valence-corrected chi connectivity index (χ1v) is 7.39. The number of nitrogens with zero attached hydrogens (tertiary/aromatic N) is 1. The van der Waals surface area contributed by atoms with E-state index < -0.39 is 40.6 Å². The molecule has 9 heteroatoms. The average Bonchev–Trinajstić information content (AvgIpc) is 2.62. The summed E-state index contributed by atoms with van der Waals surface area (Å²) in [5.74, 6) is -8.08. The summed E-state index contributed by atoms with van der Waals surface area (Å²) >= 11 is 0. The number of carbonyl (C=O) groups is 1. The van der Waals surface area contributed by atoms with Crippen molar-refractivity contribution >= 4 is 11.6 Å². The van der Waals surface area contributed by atoms with E-state index in [1.54, 1.807) is 0 Å². The van der Waals surface area contributed by atoms with Crippen molar-refractivity contribution in [2.24, 2.45) is 0 Å². The van der Waals surface area contributed by atoms with Crippen LogP contribution in [0, 0.1) is 29.1 Å². The standard InChI is InChI=1S/C18H9F5N2O2/c19-9-1-4-14(13(21)7-9)27-15-8-10(5-6-24-15)25-18(26)11-2-3-12(20)17(23)16(11)22/h1-8H,(H,24,25,26). The number of halogens is 5. The van der Waals surface area contributed by atoms with E-state index in [1.165, 1.54) is 18.3 Å². The monoisotopic (exact) mass is 380 g/mol. The van der Waals surface area contributed by atoms with Crippen LogP contribution in [0.15, 0.2) is 48.7 Å². The maximum absolute atomic E-state index is 13.7. The lowest BCUT2D eigenvalue weighted by Crippen LogP contribution is -2.15. The fourth-order valence-corrected chi connectivity index (χ4v) is 2.11. The molecule has 0 aliphatic heterocycles. The molecule has 3 aromatic rings. The Balaban J connectivity index is 1.80. The summed E-state index contributed by atoms with van der Waals surface area (Å²) in [5.41, 5.74) is -0.644. The minimum absolute atomic E-state index is 0.0663.